The Morgan fingerprint density at radius 2 is 1.76 bits per heavy atom. The van der Waals surface area contributed by atoms with Gasteiger partial charge in [-0.25, -0.2) is 9.59 Å². The molecule has 1 aromatic carbocycles. The van der Waals surface area contributed by atoms with Crippen LogP contribution < -0.4 is 10.9 Å². The number of carboxylic acid groups (broad SMARTS) is 1. The van der Waals surface area contributed by atoms with Gasteiger partial charge in [-0.15, -0.1) is 0 Å². The lowest BCUT2D eigenvalue weighted by molar-refractivity contribution is -0.142. The maximum atomic E-state index is 12.8. The number of aryl methyl sites for hydroxylation is 2. The van der Waals surface area contributed by atoms with Gasteiger partial charge in [0.05, 0.1) is 6.26 Å². The molecule has 0 aliphatic heterocycles. The van der Waals surface area contributed by atoms with Crippen molar-refractivity contribution in [3.05, 3.63) is 45.0 Å². The van der Waals surface area contributed by atoms with Crippen molar-refractivity contribution < 1.29 is 23.5 Å². The number of aliphatic carboxylic acids is 1. The maximum absolute atomic E-state index is 12.8. The Kier molecular flexibility index (Phi) is 6.73. The Bertz CT molecular complexity index is 1270. The van der Waals surface area contributed by atoms with Gasteiger partial charge in [-0.1, -0.05) is 34.6 Å². The molecular formula is C26H33NO6. The molecule has 2 heterocycles. The lowest BCUT2D eigenvalue weighted by Crippen LogP contribution is -2.41. The first-order chi connectivity index (χ1) is 15.3. The van der Waals surface area contributed by atoms with E-state index in [-0.39, 0.29) is 24.2 Å². The van der Waals surface area contributed by atoms with Crippen molar-refractivity contribution >= 4 is 33.8 Å². The van der Waals surface area contributed by atoms with E-state index in [0.29, 0.717) is 23.2 Å². The highest BCUT2D eigenvalue weighted by atomic mass is 16.4. The topological polar surface area (TPSA) is 110 Å². The number of carbonyl (C=O) groups is 2. The van der Waals surface area contributed by atoms with Crippen LogP contribution >= 0.6 is 0 Å². The lowest BCUT2D eigenvalue weighted by atomic mass is 9.86. The zero-order chi connectivity index (χ0) is 24.7. The fourth-order valence-electron chi connectivity index (χ4n) is 4.26. The Morgan fingerprint density at radius 1 is 1.09 bits per heavy atom. The highest BCUT2D eigenvalue weighted by Crippen LogP contribution is 2.37. The summed E-state index contributed by atoms with van der Waals surface area (Å²) in [5.41, 5.74) is 3.59. The van der Waals surface area contributed by atoms with Gasteiger partial charge in [0.2, 0.25) is 5.91 Å². The van der Waals surface area contributed by atoms with E-state index >= 15 is 0 Å². The number of benzene rings is 1. The largest absolute Gasteiger partial charge is 0.480 e. The standard InChI is InChI=1S/C26H33NO6/c1-13(2)10-20(24(29)30)27-21(28)9-8-16-14(3)17-11-18-19(26(5,6)7)12-32-22(18)15(4)23(17)33-25(16)31/h11-13,20H,8-10H2,1-7H3,(H,27,28)(H,29,30)/t20-/m0/s1. The number of carbonyl (C=O) groups excluding carboxylic acids is 1. The number of rotatable bonds is 7. The Morgan fingerprint density at radius 3 is 2.33 bits per heavy atom. The SMILES string of the molecule is Cc1c(CCC(=O)N[C@@H](CC(C)C)C(=O)O)c(=O)oc2c(C)c3occ(C(C)(C)C)c3cc12. The van der Waals surface area contributed by atoms with Crippen LogP contribution in [0, 0.1) is 19.8 Å². The van der Waals surface area contributed by atoms with Crippen molar-refractivity contribution in [1.29, 1.82) is 0 Å². The van der Waals surface area contributed by atoms with E-state index in [2.05, 4.69) is 26.1 Å². The molecule has 2 N–H and O–H groups in total. The molecule has 0 unspecified atom stereocenters. The summed E-state index contributed by atoms with van der Waals surface area (Å²) >= 11 is 0. The number of furan rings is 1. The summed E-state index contributed by atoms with van der Waals surface area (Å²) in [5, 5.41) is 13.7. The molecule has 178 valence electrons. The van der Waals surface area contributed by atoms with Gasteiger partial charge in [0.1, 0.15) is 17.2 Å². The smallest absolute Gasteiger partial charge is 0.339 e. The molecule has 0 saturated carbocycles. The van der Waals surface area contributed by atoms with E-state index < -0.39 is 23.5 Å². The molecule has 0 fully saturated rings. The minimum atomic E-state index is -1.06. The number of nitrogens with one attached hydrogen (secondary N) is 1. The van der Waals surface area contributed by atoms with E-state index in [1.807, 2.05) is 33.8 Å². The van der Waals surface area contributed by atoms with Crippen LogP contribution in [0.25, 0.3) is 21.9 Å². The molecule has 7 nitrogen and oxygen atoms in total. The summed E-state index contributed by atoms with van der Waals surface area (Å²) in [6.07, 6.45) is 2.26. The second-order valence-electron chi connectivity index (χ2n) is 10.2. The minimum Gasteiger partial charge on any atom is -0.480 e. The number of hydrogen-bond donors (Lipinski definition) is 2. The zero-order valence-corrected chi connectivity index (χ0v) is 20.4. The monoisotopic (exact) mass is 455 g/mol. The van der Waals surface area contributed by atoms with Crippen LogP contribution in [0.1, 0.15) is 69.7 Å². The molecule has 3 rings (SSSR count). The van der Waals surface area contributed by atoms with Crippen LogP contribution in [0.4, 0.5) is 0 Å². The molecule has 1 amide bonds. The first-order valence-electron chi connectivity index (χ1n) is 11.3. The number of fused-ring (bicyclic) bond motifs is 2. The summed E-state index contributed by atoms with van der Waals surface area (Å²) in [5.74, 6) is -1.34. The molecule has 2 aromatic heterocycles. The molecule has 0 saturated heterocycles. The molecular weight excluding hydrogens is 422 g/mol. The van der Waals surface area contributed by atoms with Gasteiger partial charge in [-0.3, -0.25) is 4.79 Å². The first-order valence-corrected chi connectivity index (χ1v) is 11.3. The summed E-state index contributed by atoms with van der Waals surface area (Å²) in [6.45, 7) is 13.9. The predicted octanol–water partition coefficient (Wildman–Crippen LogP) is 5.00. The van der Waals surface area contributed by atoms with Crippen molar-refractivity contribution in [2.24, 2.45) is 5.92 Å². The summed E-state index contributed by atoms with van der Waals surface area (Å²) < 4.78 is 11.5. The fraction of sp³-hybridized carbons (Fsp3) is 0.500. The quantitative estimate of drug-likeness (QED) is 0.485. The molecule has 0 bridgehead atoms. The molecule has 1 atom stereocenters. The van der Waals surface area contributed by atoms with Gasteiger partial charge >= 0.3 is 11.6 Å². The van der Waals surface area contributed by atoms with E-state index in [1.54, 1.807) is 6.26 Å². The highest BCUT2D eigenvalue weighted by Gasteiger charge is 2.24. The average Bonchev–Trinajstić information content (AvgIpc) is 3.13. The van der Waals surface area contributed by atoms with Crippen molar-refractivity contribution in [1.82, 2.24) is 5.32 Å². The normalized spacial score (nSPS) is 13.1. The van der Waals surface area contributed by atoms with Crippen molar-refractivity contribution in [2.75, 3.05) is 0 Å². The minimum absolute atomic E-state index is 0.000834. The highest BCUT2D eigenvalue weighted by molar-refractivity contribution is 6.00. The molecule has 0 spiro atoms. The zero-order valence-electron chi connectivity index (χ0n) is 20.4. The Hall–Kier alpha value is -3.09. The third-order valence-electron chi connectivity index (χ3n) is 6.09. The van der Waals surface area contributed by atoms with Crippen molar-refractivity contribution in [3.63, 3.8) is 0 Å². The Balaban J connectivity index is 1.96. The molecule has 7 heteroatoms. The molecule has 3 aromatic rings. The molecule has 0 aliphatic rings. The van der Waals surface area contributed by atoms with Crippen LogP contribution in [-0.2, 0) is 21.4 Å². The average molecular weight is 456 g/mol. The second-order valence-corrected chi connectivity index (χ2v) is 10.2. The van der Waals surface area contributed by atoms with Crippen LogP contribution in [0.3, 0.4) is 0 Å². The van der Waals surface area contributed by atoms with Gasteiger partial charge < -0.3 is 19.3 Å². The van der Waals surface area contributed by atoms with E-state index in [4.69, 9.17) is 8.83 Å². The van der Waals surface area contributed by atoms with Crippen LogP contribution in [0.5, 0.6) is 0 Å². The number of amides is 1. The predicted molar refractivity (Wildman–Crippen MR) is 128 cm³/mol. The maximum Gasteiger partial charge on any atom is 0.339 e. The number of carboxylic acids is 1. The molecule has 0 aliphatic carbocycles. The van der Waals surface area contributed by atoms with Gasteiger partial charge in [0.25, 0.3) is 0 Å². The van der Waals surface area contributed by atoms with Crippen molar-refractivity contribution in [2.45, 2.75) is 79.2 Å². The second kappa shape index (κ2) is 9.04. The number of hydrogen-bond acceptors (Lipinski definition) is 5. The third kappa shape index (κ3) is 4.97. The van der Waals surface area contributed by atoms with E-state index in [1.165, 1.54) is 0 Å². The van der Waals surface area contributed by atoms with Gasteiger partial charge in [-0.05, 0) is 49.7 Å². The fourth-order valence-corrected chi connectivity index (χ4v) is 4.26. The van der Waals surface area contributed by atoms with Gasteiger partial charge in [0.15, 0.2) is 0 Å². The first kappa shape index (κ1) is 24.6. The third-order valence-corrected chi connectivity index (χ3v) is 6.09. The van der Waals surface area contributed by atoms with Gasteiger partial charge in [-0.2, -0.15) is 0 Å². The van der Waals surface area contributed by atoms with Crippen LogP contribution in [-0.4, -0.2) is 23.0 Å². The summed E-state index contributed by atoms with van der Waals surface area (Å²) in [6, 6.07) is 1.05. The van der Waals surface area contributed by atoms with Crippen molar-refractivity contribution in [3.8, 4) is 0 Å². The summed E-state index contributed by atoms with van der Waals surface area (Å²) in [4.78, 5) is 36.6. The molecule has 33 heavy (non-hydrogen) atoms. The van der Waals surface area contributed by atoms with Crippen LogP contribution in [0.15, 0.2) is 26.0 Å². The van der Waals surface area contributed by atoms with E-state index in [9.17, 15) is 19.5 Å². The Labute approximate surface area is 193 Å². The van der Waals surface area contributed by atoms with Gasteiger partial charge in [0, 0.05) is 33.9 Å². The summed E-state index contributed by atoms with van der Waals surface area (Å²) in [7, 11) is 0. The van der Waals surface area contributed by atoms with E-state index in [0.717, 1.165) is 27.5 Å². The lowest BCUT2D eigenvalue weighted by Gasteiger charge is -2.17. The van der Waals surface area contributed by atoms with Crippen LogP contribution in [0.2, 0.25) is 0 Å². The molecule has 0 radical (unpaired) electrons.